The van der Waals surface area contributed by atoms with Gasteiger partial charge in [-0.05, 0) is 19.1 Å². The smallest absolute Gasteiger partial charge is 0.471 e. The summed E-state index contributed by atoms with van der Waals surface area (Å²) in [6.45, 7) is 0.791. The lowest BCUT2D eigenvalue weighted by Gasteiger charge is -2.25. The molecule has 0 radical (unpaired) electrons. The maximum Gasteiger partial charge on any atom is 0.471 e. The van der Waals surface area contributed by atoms with Gasteiger partial charge in [-0.25, -0.2) is 4.39 Å². The van der Waals surface area contributed by atoms with Gasteiger partial charge in [-0.15, -0.1) is 0 Å². The molecule has 1 aliphatic heterocycles. The van der Waals surface area contributed by atoms with Crippen molar-refractivity contribution in [2.75, 3.05) is 13.2 Å². The molecule has 7 nitrogen and oxygen atoms in total. The van der Waals surface area contributed by atoms with E-state index < -0.39 is 42.3 Å². The average molecular weight is 375 g/mol. The summed E-state index contributed by atoms with van der Waals surface area (Å²) in [4.78, 5) is 16.3. The molecule has 26 heavy (non-hydrogen) atoms. The third-order valence-corrected chi connectivity index (χ3v) is 3.88. The van der Waals surface area contributed by atoms with Gasteiger partial charge in [0.15, 0.2) is 0 Å². The molecule has 3 rings (SSSR count). The second-order valence-electron chi connectivity index (χ2n) is 5.70. The molecule has 1 N–H and O–H groups in total. The molecular weight excluding hydrogens is 362 g/mol. The summed E-state index contributed by atoms with van der Waals surface area (Å²) in [6.07, 6.45) is -4.81. The second-order valence-corrected chi connectivity index (χ2v) is 5.70. The summed E-state index contributed by atoms with van der Waals surface area (Å²) in [5, 5.41) is 12.2. The van der Waals surface area contributed by atoms with Crippen LogP contribution in [0.4, 0.5) is 17.6 Å². The van der Waals surface area contributed by atoms with Crippen molar-refractivity contribution < 1.29 is 36.7 Å². The molecule has 0 spiro atoms. The Kier molecular flexibility index (Phi) is 4.57. The van der Waals surface area contributed by atoms with Crippen molar-refractivity contribution in [1.82, 2.24) is 15.0 Å². The Labute approximate surface area is 144 Å². The Hall–Kier alpha value is -2.69. The highest BCUT2D eigenvalue weighted by atomic mass is 19.4. The minimum Gasteiger partial charge on any atom is -0.491 e. The number of alkyl halides is 3. The number of fused-ring (bicyclic) bond motifs is 1. The van der Waals surface area contributed by atoms with E-state index in [1.807, 2.05) is 0 Å². The topological polar surface area (TPSA) is 88.7 Å². The summed E-state index contributed by atoms with van der Waals surface area (Å²) in [6, 6.07) is 1.78. The summed E-state index contributed by atoms with van der Waals surface area (Å²) in [7, 11) is 0. The van der Waals surface area contributed by atoms with Crippen LogP contribution in [0.3, 0.4) is 0 Å². The maximum atomic E-state index is 14.5. The molecule has 1 aromatic carbocycles. The number of hydrogen-bond acceptors (Lipinski definition) is 6. The predicted octanol–water partition coefficient (Wildman–Crippen LogP) is 2.00. The Morgan fingerprint density at radius 2 is 2.15 bits per heavy atom. The predicted molar refractivity (Wildman–Crippen MR) is 77.3 cm³/mol. The molecule has 0 aliphatic carbocycles. The van der Waals surface area contributed by atoms with Gasteiger partial charge in [-0.1, -0.05) is 5.16 Å². The lowest BCUT2D eigenvalue weighted by Crippen LogP contribution is -2.41. The Morgan fingerprint density at radius 1 is 1.42 bits per heavy atom. The van der Waals surface area contributed by atoms with Gasteiger partial charge in [0.1, 0.15) is 24.8 Å². The quantitative estimate of drug-likeness (QED) is 0.808. The first-order chi connectivity index (χ1) is 12.2. The van der Waals surface area contributed by atoms with Gasteiger partial charge in [-0.2, -0.15) is 18.2 Å². The monoisotopic (exact) mass is 375 g/mol. The van der Waals surface area contributed by atoms with Crippen LogP contribution >= 0.6 is 0 Å². The van der Waals surface area contributed by atoms with Crippen molar-refractivity contribution >= 4 is 5.91 Å². The first-order valence-corrected chi connectivity index (χ1v) is 7.47. The maximum absolute atomic E-state index is 14.5. The Bertz CT molecular complexity index is 837. The number of aliphatic hydroxyl groups excluding tert-OH is 1. The van der Waals surface area contributed by atoms with E-state index >= 15 is 0 Å². The fourth-order valence-electron chi connectivity index (χ4n) is 2.53. The third kappa shape index (κ3) is 3.34. The molecule has 1 aliphatic rings. The van der Waals surface area contributed by atoms with Crippen molar-refractivity contribution in [1.29, 1.82) is 0 Å². The number of aliphatic hydroxyl groups is 1. The Morgan fingerprint density at radius 3 is 2.77 bits per heavy atom. The van der Waals surface area contributed by atoms with E-state index in [1.165, 1.54) is 11.0 Å². The zero-order chi connectivity index (χ0) is 19.1. The van der Waals surface area contributed by atoms with E-state index in [4.69, 9.17) is 9.84 Å². The van der Waals surface area contributed by atoms with Gasteiger partial charge < -0.3 is 19.3 Å². The molecule has 1 amide bonds. The molecule has 11 heteroatoms. The minimum absolute atomic E-state index is 0.0156. The van der Waals surface area contributed by atoms with Crippen molar-refractivity contribution in [3.63, 3.8) is 0 Å². The van der Waals surface area contributed by atoms with E-state index in [0.717, 1.165) is 6.07 Å². The van der Waals surface area contributed by atoms with E-state index in [1.54, 1.807) is 6.92 Å². The first kappa shape index (κ1) is 18.1. The molecule has 1 atom stereocenters. The fraction of sp³-hybridized carbons (Fsp3) is 0.400. The van der Waals surface area contributed by atoms with Crippen molar-refractivity contribution in [3.05, 3.63) is 29.4 Å². The highest BCUT2D eigenvalue weighted by Crippen LogP contribution is 2.34. The molecule has 0 unspecified atom stereocenters. The van der Waals surface area contributed by atoms with E-state index in [2.05, 4.69) is 14.7 Å². The van der Waals surface area contributed by atoms with E-state index in [-0.39, 0.29) is 30.0 Å². The highest BCUT2D eigenvalue weighted by Gasteiger charge is 2.38. The van der Waals surface area contributed by atoms with E-state index in [0.29, 0.717) is 0 Å². The molecule has 2 aromatic rings. The molecule has 1 aromatic heterocycles. The first-order valence-electron chi connectivity index (χ1n) is 7.47. The van der Waals surface area contributed by atoms with Crippen LogP contribution in [-0.2, 0) is 17.5 Å². The molecule has 0 fully saturated rings. The number of amides is 1. The van der Waals surface area contributed by atoms with Gasteiger partial charge in [-0.3, -0.25) is 4.79 Å². The normalized spacial score (nSPS) is 17.5. The molecule has 140 valence electrons. The summed E-state index contributed by atoms with van der Waals surface area (Å²) in [5.74, 6) is -3.33. The van der Waals surface area contributed by atoms with E-state index in [9.17, 15) is 22.4 Å². The Balaban J connectivity index is 1.98. The summed E-state index contributed by atoms with van der Waals surface area (Å²) >= 11 is 0. The van der Waals surface area contributed by atoms with Crippen LogP contribution in [0.1, 0.15) is 18.4 Å². The number of nitrogens with zero attached hydrogens (tertiary/aromatic N) is 3. The fourth-order valence-corrected chi connectivity index (χ4v) is 2.53. The van der Waals surface area contributed by atoms with Gasteiger partial charge in [0.05, 0.1) is 12.6 Å². The van der Waals surface area contributed by atoms with Crippen LogP contribution in [-0.4, -0.2) is 45.3 Å². The van der Waals surface area contributed by atoms with Crippen molar-refractivity contribution in [2.45, 2.75) is 25.7 Å². The SMILES string of the molecule is C[C@H]1COc2cc(-c3noc(C(F)(F)F)n3)cc(F)c2CN1C(=O)CO. The van der Waals surface area contributed by atoms with Crippen LogP contribution in [0.15, 0.2) is 16.7 Å². The lowest BCUT2D eigenvalue weighted by molar-refractivity contribution is -0.159. The summed E-state index contributed by atoms with van der Waals surface area (Å²) in [5.41, 5.74) is -0.0190. The number of hydrogen-bond donors (Lipinski definition) is 1. The zero-order valence-corrected chi connectivity index (χ0v) is 13.4. The molecule has 2 heterocycles. The number of rotatable bonds is 2. The molecule has 0 saturated carbocycles. The van der Waals surface area contributed by atoms with Crippen LogP contribution in [0.5, 0.6) is 5.75 Å². The molecular formula is C15H13F4N3O4. The van der Waals surface area contributed by atoms with Crippen molar-refractivity contribution in [2.24, 2.45) is 0 Å². The third-order valence-electron chi connectivity index (χ3n) is 3.88. The largest absolute Gasteiger partial charge is 0.491 e. The van der Waals surface area contributed by atoms with Gasteiger partial charge >= 0.3 is 12.1 Å². The highest BCUT2D eigenvalue weighted by molar-refractivity contribution is 5.77. The standard InChI is InChI=1S/C15H13F4N3O4/c1-7-6-25-11-3-8(13-20-14(26-21-13)15(17,18)19)2-10(16)9(11)4-22(7)12(24)5-23/h2-3,7,23H,4-6H2,1H3/t7-/m0/s1. The zero-order valence-electron chi connectivity index (χ0n) is 13.4. The van der Waals surface area contributed by atoms with Gasteiger partial charge in [0.25, 0.3) is 0 Å². The van der Waals surface area contributed by atoms with Crippen LogP contribution in [0.25, 0.3) is 11.4 Å². The number of aromatic nitrogens is 2. The molecule has 0 saturated heterocycles. The van der Waals surface area contributed by atoms with Crippen molar-refractivity contribution in [3.8, 4) is 17.1 Å². The summed E-state index contributed by atoms with van der Waals surface area (Å²) < 4.78 is 61.8. The number of carbonyl (C=O) groups is 1. The van der Waals surface area contributed by atoms with Crippen LogP contribution in [0, 0.1) is 5.82 Å². The second kappa shape index (κ2) is 6.56. The number of halogens is 4. The van der Waals surface area contributed by atoms with Crippen LogP contribution < -0.4 is 4.74 Å². The average Bonchev–Trinajstić information content (AvgIpc) is 3.02. The van der Waals surface area contributed by atoms with Crippen LogP contribution in [0.2, 0.25) is 0 Å². The van der Waals surface area contributed by atoms with Gasteiger partial charge in [0.2, 0.25) is 11.7 Å². The molecule has 0 bridgehead atoms. The number of ether oxygens (including phenoxy) is 1. The number of carbonyl (C=O) groups excluding carboxylic acids is 1. The van der Waals surface area contributed by atoms with Gasteiger partial charge in [0, 0.05) is 11.1 Å². The minimum atomic E-state index is -4.81. The number of benzene rings is 1. The lowest BCUT2D eigenvalue weighted by atomic mass is 10.1.